The molecular weight excluding hydrogens is 417 g/mol. The van der Waals surface area contributed by atoms with Crippen LogP contribution in [0.2, 0.25) is 5.02 Å². The summed E-state index contributed by atoms with van der Waals surface area (Å²) in [6.45, 7) is 4.96. The third-order valence-electron chi connectivity index (χ3n) is 5.52. The van der Waals surface area contributed by atoms with E-state index in [1.807, 2.05) is 18.2 Å². The van der Waals surface area contributed by atoms with Crippen molar-refractivity contribution in [3.8, 4) is 11.8 Å². The quantitative estimate of drug-likeness (QED) is 0.612. The number of halogens is 2. The second-order valence-corrected chi connectivity index (χ2v) is 8.87. The first-order chi connectivity index (χ1) is 14.8. The van der Waals surface area contributed by atoms with Crippen molar-refractivity contribution in [1.82, 2.24) is 10.2 Å². The van der Waals surface area contributed by atoms with Gasteiger partial charge in [-0.1, -0.05) is 29.8 Å². The zero-order chi connectivity index (χ0) is 22.3. The minimum atomic E-state index is -1.11. The van der Waals surface area contributed by atoms with E-state index in [0.29, 0.717) is 23.9 Å². The normalized spacial score (nSPS) is 17.1. The average molecular weight is 446 g/mol. The summed E-state index contributed by atoms with van der Waals surface area (Å²) in [4.78, 5) is 2.42. The van der Waals surface area contributed by atoms with Gasteiger partial charge in [0.05, 0.1) is 12.5 Å². The number of rotatable bonds is 9. The maximum atomic E-state index is 13.5. The second-order valence-electron chi connectivity index (χ2n) is 8.43. The van der Waals surface area contributed by atoms with Gasteiger partial charge in [-0.3, -0.25) is 4.90 Å². The van der Waals surface area contributed by atoms with Crippen LogP contribution in [0.4, 0.5) is 4.39 Å². The summed E-state index contributed by atoms with van der Waals surface area (Å²) in [5.74, 6) is -0.128. The van der Waals surface area contributed by atoms with Gasteiger partial charge in [0.25, 0.3) is 0 Å². The molecule has 3 rings (SSSR count). The molecule has 166 valence electrons. The SMILES string of the molecule is C[C@](O)(CNC1CCN(Cc2ccc(Cl)cc2)CC1)COc1cc(F)ccc1CC#N. The molecule has 0 saturated carbocycles. The van der Waals surface area contributed by atoms with E-state index in [-0.39, 0.29) is 13.0 Å². The van der Waals surface area contributed by atoms with E-state index in [2.05, 4.69) is 22.3 Å². The third-order valence-corrected chi connectivity index (χ3v) is 5.77. The van der Waals surface area contributed by atoms with Crippen LogP contribution in [-0.2, 0) is 13.0 Å². The Morgan fingerprint density at radius 2 is 1.97 bits per heavy atom. The first-order valence-corrected chi connectivity index (χ1v) is 10.9. The number of ether oxygens (including phenoxy) is 1. The van der Waals surface area contributed by atoms with Gasteiger partial charge in [-0.25, -0.2) is 4.39 Å². The average Bonchev–Trinajstić information content (AvgIpc) is 2.75. The number of hydrogen-bond acceptors (Lipinski definition) is 5. The highest BCUT2D eigenvalue weighted by Crippen LogP contribution is 2.22. The van der Waals surface area contributed by atoms with Crippen molar-refractivity contribution in [3.05, 3.63) is 64.4 Å². The number of piperidine rings is 1. The summed E-state index contributed by atoms with van der Waals surface area (Å²) in [5, 5.41) is 23.8. The third kappa shape index (κ3) is 7.48. The summed E-state index contributed by atoms with van der Waals surface area (Å²) in [6, 6.07) is 14.4. The largest absolute Gasteiger partial charge is 0.490 e. The molecule has 0 unspecified atom stereocenters. The Kier molecular flexibility index (Phi) is 8.28. The highest BCUT2D eigenvalue weighted by atomic mass is 35.5. The maximum Gasteiger partial charge on any atom is 0.126 e. The monoisotopic (exact) mass is 445 g/mol. The number of hydrogen-bond donors (Lipinski definition) is 2. The Bertz CT molecular complexity index is 891. The molecule has 0 aromatic heterocycles. The maximum absolute atomic E-state index is 13.5. The van der Waals surface area contributed by atoms with Crippen LogP contribution < -0.4 is 10.1 Å². The molecular formula is C24H29ClFN3O2. The summed E-state index contributed by atoms with van der Waals surface area (Å²) < 4.78 is 19.2. The molecule has 0 amide bonds. The number of nitrogens with zero attached hydrogens (tertiary/aromatic N) is 2. The van der Waals surface area contributed by atoms with Crippen LogP contribution in [0.5, 0.6) is 5.75 Å². The summed E-state index contributed by atoms with van der Waals surface area (Å²) in [6.07, 6.45) is 2.13. The number of benzene rings is 2. The predicted octanol–water partition coefficient (Wildman–Crippen LogP) is 3.93. The minimum absolute atomic E-state index is 0.0112. The fraction of sp³-hybridized carbons (Fsp3) is 0.458. The molecule has 2 aromatic carbocycles. The van der Waals surface area contributed by atoms with Crippen LogP contribution in [0.25, 0.3) is 0 Å². The molecule has 1 atom stereocenters. The highest BCUT2D eigenvalue weighted by molar-refractivity contribution is 6.30. The van der Waals surface area contributed by atoms with Gasteiger partial charge in [-0.05, 0) is 56.6 Å². The van der Waals surface area contributed by atoms with Gasteiger partial charge < -0.3 is 15.2 Å². The Labute approximate surface area is 188 Å². The van der Waals surface area contributed by atoms with Gasteiger partial charge in [0, 0.05) is 35.8 Å². The van der Waals surface area contributed by atoms with E-state index >= 15 is 0 Å². The number of aliphatic hydroxyl groups is 1. The lowest BCUT2D eigenvalue weighted by Gasteiger charge is -2.34. The molecule has 5 nitrogen and oxygen atoms in total. The van der Waals surface area contributed by atoms with Gasteiger partial charge >= 0.3 is 0 Å². The van der Waals surface area contributed by atoms with Crippen molar-refractivity contribution in [2.45, 2.75) is 44.4 Å². The lowest BCUT2D eigenvalue weighted by atomic mass is 10.0. The molecule has 0 radical (unpaired) electrons. The van der Waals surface area contributed by atoms with E-state index < -0.39 is 11.4 Å². The molecule has 31 heavy (non-hydrogen) atoms. The Hall–Kier alpha value is -2.17. The predicted molar refractivity (Wildman–Crippen MR) is 120 cm³/mol. The van der Waals surface area contributed by atoms with Gasteiger partial charge in [0.15, 0.2) is 0 Å². The van der Waals surface area contributed by atoms with Gasteiger partial charge in [-0.2, -0.15) is 5.26 Å². The first kappa shape index (κ1) is 23.5. The van der Waals surface area contributed by atoms with Gasteiger partial charge in [0.2, 0.25) is 0 Å². The number of nitrogens with one attached hydrogen (secondary N) is 1. The van der Waals surface area contributed by atoms with Crippen molar-refractivity contribution < 1.29 is 14.2 Å². The number of nitriles is 1. The summed E-state index contributed by atoms with van der Waals surface area (Å²) in [7, 11) is 0. The van der Waals surface area contributed by atoms with Gasteiger partial charge in [-0.15, -0.1) is 0 Å². The van der Waals surface area contributed by atoms with Crippen LogP contribution in [0.1, 0.15) is 30.9 Å². The van der Waals surface area contributed by atoms with Crippen molar-refractivity contribution in [2.24, 2.45) is 0 Å². The first-order valence-electron chi connectivity index (χ1n) is 10.6. The highest BCUT2D eigenvalue weighted by Gasteiger charge is 2.25. The van der Waals surface area contributed by atoms with Crippen molar-refractivity contribution in [2.75, 3.05) is 26.2 Å². The summed E-state index contributed by atoms with van der Waals surface area (Å²) >= 11 is 5.95. The van der Waals surface area contributed by atoms with E-state index in [0.717, 1.165) is 37.5 Å². The van der Waals surface area contributed by atoms with E-state index in [1.54, 1.807) is 13.0 Å². The zero-order valence-electron chi connectivity index (χ0n) is 17.8. The molecule has 1 fully saturated rings. The molecule has 0 spiro atoms. The smallest absolute Gasteiger partial charge is 0.126 e. The lowest BCUT2D eigenvalue weighted by Crippen LogP contribution is -2.49. The molecule has 0 aliphatic carbocycles. The Morgan fingerprint density at radius 1 is 1.26 bits per heavy atom. The Morgan fingerprint density at radius 3 is 2.65 bits per heavy atom. The number of likely N-dealkylation sites (tertiary alicyclic amines) is 1. The molecule has 1 saturated heterocycles. The standard InChI is InChI=1S/C24H29ClFN3O2/c1-24(30,17-31-23-14-21(26)7-4-19(23)8-11-27)16-28-22-9-12-29(13-10-22)15-18-2-5-20(25)6-3-18/h2-7,14,22,28,30H,8-10,12-13,15-17H2,1H3/t24-/m0/s1. The molecule has 2 N–H and O–H groups in total. The molecule has 2 aromatic rings. The van der Waals surface area contributed by atoms with E-state index in [1.165, 1.54) is 17.7 Å². The fourth-order valence-electron chi connectivity index (χ4n) is 3.69. The molecule has 1 aliphatic heterocycles. The fourth-order valence-corrected chi connectivity index (χ4v) is 3.81. The van der Waals surface area contributed by atoms with E-state index in [4.69, 9.17) is 21.6 Å². The van der Waals surface area contributed by atoms with Crippen molar-refractivity contribution in [3.63, 3.8) is 0 Å². The molecule has 1 aliphatic rings. The van der Waals surface area contributed by atoms with Crippen molar-refractivity contribution >= 4 is 11.6 Å². The second kappa shape index (κ2) is 10.9. The van der Waals surface area contributed by atoms with Crippen LogP contribution in [0.3, 0.4) is 0 Å². The van der Waals surface area contributed by atoms with Crippen LogP contribution in [0.15, 0.2) is 42.5 Å². The van der Waals surface area contributed by atoms with Crippen LogP contribution in [0, 0.1) is 17.1 Å². The minimum Gasteiger partial charge on any atom is -0.490 e. The van der Waals surface area contributed by atoms with Crippen LogP contribution in [-0.4, -0.2) is 47.9 Å². The van der Waals surface area contributed by atoms with Gasteiger partial charge in [0.1, 0.15) is 23.8 Å². The molecule has 7 heteroatoms. The molecule has 1 heterocycles. The lowest BCUT2D eigenvalue weighted by molar-refractivity contribution is 0.00783. The Balaban J connectivity index is 1.42. The molecule has 0 bridgehead atoms. The summed E-state index contributed by atoms with van der Waals surface area (Å²) in [5.41, 5.74) is 0.751. The zero-order valence-corrected chi connectivity index (χ0v) is 18.5. The van der Waals surface area contributed by atoms with E-state index in [9.17, 15) is 9.50 Å². The van der Waals surface area contributed by atoms with Crippen molar-refractivity contribution in [1.29, 1.82) is 5.26 Å². The van der Waals surface area contributed by atoms with Crippen LogP contribution >= 0.6 is 11.6 Å². The topological polar surface area (TPSA) is 68.5 Å².